The van der Waals surface area contributed by atoms with Crippen LogP contribution in [-0.2, 0) is 21.1 Å². The first-order chi connectivity index (χ1) is 14.0. The van der Waals surface area contributed by atoms with Crippen LogP contribution < -0.4 is 0 Å². The van der Waals surface area contributed by atoms with Gasteiger partial charge in [-0.25, -0.2) is 8.42 Å². The average molecular weight is 419 g/mol. The molecule has 1 atom stereocenters. The van der Waals surface area contributed by atoms with Crippen LogP contribution in [0, 0.1) is 5.92 Å². The van der Waals surface area contributed by atoms with E-state index in [1.165, 1.54) is 5.56 Å². The maximum absolute atomic E-state index is 13.3. The number of hydrogen-bond acceptors (Lipinski definition) is 4. The zero-order valence-corrected chi connectivity index (χ0v) is 18.2. The van der Waals surface area contributed by atoms with Gasteiger partial charge in [0.2, 0.25) is 5.91 Å². The molecule has 1 aromatic rings. The van der Waals surface area contributed by atoms with Crippen molar-refractivity contribution in [1.82, 2.24) is 9.80 Å². The lowest BCUT2D eigenvalue weighted by Crippen LogP contribution is -2.51. The standard InChI is InChI=1S/C23H34N2O3S/c26-23(25(21-8-4-5-9-21)22-12-15-29(27,28)18-22)17-24-13-10-20(11-14-24)16-19-6-2-1-3-7-19/h1-3,6-7,20-22H,4-5,8-18H2/t22-/m1/s1. The lowest BCUT2D eigenvalue weighted by Gasteiger charge is -2.37. The van der Waals surface area contributed by atoms with Crippen molar-refractivity contribution in [2.24, 2.45) is 5.92 Å². The fourth-order valence-electron chi connectivity index (χ4n) is 5.45. The van der Waals surface area contributed by atoms with Gasteiger partial charge < -0.3 is 4.90 Å². The molecule has 2 heterocycles. The molecule has 1 aromatic carbocycles. The summed E-state index contributed by atoms with van der Waals surface area (Å²) in [4.78, 5) is 17.5. The van der Waals surface area contributed by atoms with Crippen LogP contribution in [0.4, 0.5) is 0 Å². The van der Waals surface area contributed by atoms with Gasteiger partial charge in [-0.2, -0.15) is 0 Å². The fourth-order valence-corrected chi connectivity index (χ4v) is 7.16. The Bertz CT molecular complexity index is 782. The van der Waals surface area contributed by atoms with Gasteiger partial charge >= 0.3 is 0 Å². The third kappa shape index (κ3) is 5.40. The Balaban J connectivity index is 1.32. The maximum atomic E-state index is 13.3. The van der Waals surface area contributed by atoms with E-state index in [0.29, 0.717) is 18.9 Å². The van der Waals surface area contributed by atoms with E-state index >= 15 is 0 Å². The van der Waals surface area contributed by atoms with Crippen molar-refractivity contribution in [3.63, 3.8) is 0 Å². The molecule has 0 bridgehead atoms. The van der Waals surface area contributed by atoms with Gasteiger partial charge in [0.25, 0.3) is 0 Å². The van der Waals surface area contributed by atoms with E-state index in [1.807, 2.05) is 4.90 Å². The fraction of sp³-hybridized carbons (Fsp3) is 0.696. The Morgan fingerprint density at radius 1 is 0.966 bits per heavy atom. The second-order valence-electron chi connectivity index (χ2n) is 9.21. The van der Waals surface area contributed by atoms with Crippen molar-refractivity contribution in [3.05, 3.63) is 35.9 Å². The molecule has 29 heavy (non-hydrogen) atoms. The Labute approximate surface area is 175 Å². The normalized spacial score (nSPS) is 26.0. The number of benzene rings is 1. The summed E-state index contributed by atoms with van der Waals surface area (Å²) in [6, 6.07) is 10.8. The second-order valence-corrected chi connectivity index (χ2v) is 11.4. The predicted molar refractivity (Wildman–Crippen MR) is 115 cm³/mol. The van der Waals surface area contributed by atoms with Crippen molar-refractivity contribution in [3.8, 4) is 0 Å². The molecule has 160 valence electrons. The van der Waals surface area contributed by atoms with Gasteiger partial charge in [-0.05, 0) is 63.1 Å². The molecule has 0 spiro atoms. The highest BCUT2D eigenvalue weighted by Gasteiger charge is 2.39. The van der Waals surface area contributed by atoms with Gasteiger partial charge in [-0.3, -0.25) is 9.69 Å². The average Bonchev–Trinajstić information content (AvgIpc) is 3.34. The second kappa shape index (κ2) is 9.17. The number of likely N-dealkylation sites (tertiary alicyclic amines) is 1. The Morgan fingerprint density at radius 3 is 2.28 bits per heavy atom. The third-order valence-corrected chi connectivity index (χ3v) is 8.79. The summed E-state index contributed by atoms with van der Waals surface area (Å²) in [6.07, 6.45) is 8.35. The van der Waals surface area contributed by atoms with Crippen molar-refractivity contribution in [1.29, 1.82) is 0 Å². The van der Waals surface area contributed by atoms with Gasteiger partial charge in [0, 0.05) is 12.1 Å². The molecule has 1 aliphatic carbocycles. The molecule has 0 aromatic heterocycles. The minimum absolute atomic E-state index is 0.105. The summed E-state index contributed by atoms with van der Waals surface area (Å²) in [6.45, 7) is 2.38. The predicted octanol–water partition coefficient (Wildman–Crippen LogP) is 2.90. The maximum Gasteiger partial charge on any atom is 0.237 e. The molecular formula is C23H34N2O3S. The van der Waals surface area contributed by atoms with Gasteiger partial charge in [0.05, 0.1) is 18.1 Å². The molecular weight excluding hydrogens is 384 g/mol. The molecule has 2 saturated heterocycles. The van der Waals surface area contributed by atoms with Crippen LogP contribution in [0.2, 0.25) is 0 Å². The first-order valence-corrected chi connectivity index (χ1v) is 13.1. The monoisotopic (exact) mass is 418 g/mol. The quantitative estimate of drug-likeness (QED) is 0.713. The van der Waals surface area contributed by atoms with E-state index in [4.69, 9.17) is 0 Å². The zero-order chi connectivity index (χ0) is 20.3. The minimum atomic E-state index is -2.98. The highest BCUT2D eigenvalue weighted by Crippen LogP contribution is 2.30. The Hall–Kier alpha value is -1.40. The van der Waals surface area contributed by atoms with E-state index in [2.05, 4.69) is 35.2 Å². The van der Waals surface area contributed by atoms with Crippen molar-refractivity contribution >= 4 is 15.7 Å². The van der Waals surface area contributed by atoms with Crippen LogP contribution in [0.15, 0.2) is 30.3 Å². The molecule has 0 N–H and O–H groups in total. The molecule has 0 radical (unpaired) electrons. The van der Waals surface area contributed by atoms with Crippen molar-refractivity contribution < 1.29 is 13.2 Å². The number of nitrogens with zero attached hydrogens (tertiary/aromatic N) is 2. The van der Waals surface area contributed by atoms with Gasteiger partial charge in [0.15, 0.2) is 9.84 Å². The largest absolute Gasteiger partial charge is 0.335 e. The first-order valence-electron chi connectivity index (χ1n) is 11.3. The van der Waals surface area contributed by atoms with Crippen LogP contribution in [0.5, 0.6) is 0 Å². The smallest absolute Gasteiger partial charge is 0.237 e. The molecule has 3 fully saturated rings. The number of carbonyl (C=O) groups excluding carboxylic acids is 1. The molecule has 4 rings (SSSR count). The summed E-state index contributed by atoms with van der Waals surface area (Å²) in [7, 11) is -2.98. The molecule has 6 heteroatoms. The van der Waals surface area contributed by atoms with Crippen LogP contribution in [0.25, 0.3) is 0 Å². The Kier molecular flexibility index (Phi) is 6.60. The summed E-state index contributed by atoms with van der Waals surface area (Å²) in [5, 5.41) is 0. The van der Waals surface area contributed by atoms with E-state index < -0.39 is 9.84 Å². The van der Waals surface area contributed by atoms with Gasteiger partial charge in [-0.15, -0.1) is 0 Å². The SMILES string of the molecule is O=C(CN1CCC(Cc2ccccc2)CC1)N(C1CCCC1)[C@@H]1CCS(=O)(=O)C1. The highest BCUT2D eigenvalue weighted by molar-refractivity contribution is 7.91. The zero-order valence-electron chi connectivity index (χ0n) is 17.3. The number of carbonyl (C=O) groups is 1. The number of rotatable bonds is 6. The highest BCUT2D eigenvalue weighted by atomic mass is 32.2. The number of hydrogen-bond donors (Lipinski definition) is 0. The third-order valence-electron chi connectivity index (χ3n) is 7.04. The summed E-state index contributed by atoms with van der Waals surface area (Å²) in [5.74, 6) is 1.24. The van der Waals surface area contributed by atoms with Gasteiger partial charge in [-0.1, -0.05) is 43.2 Å². The van der Waals surface area contributed by atoms with E-state index in [-0.39, 0.29) is 29.5 Å². The van der Waals surface area contributed by atoms with E-state index in [1.54, 1.807) is 0 Å². The number of amides is 1. The lowest BCUT2D eigenvalue weighted by molar-refractivity contribution is -0.137. The molecule has 5 nitrogen and oxygen atoms in total. The molecule has 1 saturated carbocycles. The van der Waals surface area contributed by atoms with Gasteiger partial charge in [0.1, 0.15) is 0 Å². The van der Waals surface area contributed by atoms with Crippen LogP contribution in [0.3, 0.4) is 0 Å². The minimum Gasteiger partial charge on any atom is -0.335 e. The first kappa shape index (κ1) is 20.9. The lowest BCUT2D eigenvalue weighted by atomic mass is 9.90. The molecule has 2 aliphatic heterocycles. The van der Waals surface area contributed by atoms with Crippen LogP contribution >= 0.6 is 0 Å². The molecule has 3 aliphatic rings. The van der Waals surface area contributed by atoms with Crippen molar-refractivity contribution in [2.75, 3.05) is 31.1 Å². The Morgan fingerprint density at radius 2 is 1.66 bits per heavy atom. The van der Waals surface area contributed by atoms with Crippen LogP contribution in [-0.4, -0.2) is 67.3 Å². The molecule has 0 unspecified atom stereocenters. The summed E-state index contributed by atoms with van der Waals surface area (Å²) >= 11 is 0. The number of piperidine rings is 1. The molecule has 1 amide bonds. The van der Waals surface area contributed by atoms with Crippen LogP contribution in [0.1, 0.15) is 50.5 Å². The summed E-state index contributed by atoms with van der Waals surface area (Å²) < 4.78 is 24.0. The van der Waals surface area contributed by atoms with E-state index in [0.717, 1.165) is 58.0 Å². The number of sulfone groups is 1. The van der Waals surface area contributed by atoms with Crippen molar-refractivity contribution in [2.45, 2.75) is 63.5 Å². The summed E-state index contributed by atoms with van der Waals surface area (Å²) in [5.41, 5.74) is 1.40. The van der Waals surface area contributed by atoms with E-state index in [9.17, 15) is 13.2 Å². The topological polar surface area (TPSA) is 57.7 Å².